The summed E-state index contributed by atoms with van der Waals surface area (Å²) < 4.78 is 0. The maximum Gasteiger partial charge on any atom is 0.189 e. The number of hydrogen-bond acceptors (Lipinski definition) is 3. The highest BCUT2D eigenvalue weighted by atomic mass is 15.2. The zero-order chi connectivity index (χ0) is 11.1. The maximum absolute atomic E-state index is 5.78. The van der Waals surface area contributed by atoms with Gasteiger partial charge in [0.2, 0.25) is 0 Å². The standard InChI is InChI=1S/C12H23N3/c1-11(2,3)9-6-4-5-7-12(9)8-14-10(13)15-12/h9H,4-8H2,1-3H3,(H3,13,14,15). The number of rotatable bonds is 0. The van der Waals surface area contributed by atoms with Crippen molar-refractivity contribution in [3.8, 4) is 0 Å². The lowest BCUT2D eigenvalue weighted by Gasteiger charge is -2.47. The van der Waals surface area contributed by atoms with Crippen LogP contribution in [0.15, 0.2) is 4.99 Å². The molecule has 1 fully saturated rings. The zero-order valence-corrected chi connectivity index (χ0v) is 10.1. The van der Waals surface area contributed by atoms with Gasteiger partial charge in [0.15, 0.2) is 5.96 Å². The molecule has 1 heterocycles. The van der Waals surface area contributed by atoms with E-state index in [-0.39, 0.29) is 5.54 Å². The summed E-state index contributed by atoms with van der Waals surface area (Å²) in [5.41, 5.74) is 6.29. The highest BCUT2D eigenvalue weighted by molar-refractivity contribution is 5.80. The quantitative estimate of drug-likeness (QED) is 0.640. The molecule has 3 heteroatoms. The monoisotopic (exact) mass is 209 g/mol. The van der Waals surface area contributed by atoms with Crippen LogP contribution in [0.2, 0.25) is 0 Å². The molecule has 0 aromatic heterocycles. The molecule has 86 valence electrons. The number of hydrogen-bond donors (Lipinski definition) is 2. The van der Waals surface area contributed by atoms with E-state index in [1.165, 1.54) is 25.7 Å². The Labute approximate surface area is 92.5 Å². The minimum atomic E-state index is 0.167. The molecule has 0 saturated heterocycles. The third-order valence-electron chi connectivity index (χ3n) is 3.99. The van der Waals surface area contributed by atoms with E-state index in [9.17, 15) is 0 Å². The van der Waals surface area contributed by atoms with Gasteiger partial charge in [-0.2, -0.15) is 0 Å². The summed E-state index contributed by atoms with van der Waals surface area (Å²) in [6.45, 7) is 7.88. The van der Waals surface area contributed by atoms with Gasteiger partial charge in [0.05, 0.1) is 12.1 Å². The van der Waals surface area contributed by atoms with Crippen LogP contribution in [-0.2, 0) is 0 Å². The number of nitrogens with one attached hydrogen (secondary N) is 1. The van der Waals surface area contributed by atoms with Crippen molar-refractivity contribution in [2.45, 2.75) is 52.0 Å². The van der Waals surface area contributed by atoms with Crippen molar-refractivity contribution in [3.63, 3.8) is 0 Å². The number of aliphatic imine (C=N–C) groups is 1. The van der Waals surface area contributed by atoms with E-state index in [1.54, 1.807) is 0 Å². The Morgan fingerprint density at radius 1 is 1.40 bits per heavy atom. The molecule has 1 aliphatic heterocycles. The molecule has 15 heavy (non-hydrogen) atoms. The van der Waals surface area contributed by atoms with Crippen LogP contribution in [0.4, 0.5) is 0 Å². The predicted molar refractivity (Wildman–Crippen MR) is 63.8 cm³/mol. The van der Waals surface area contributed by atoms with Gasteiger partial charge in [-0.3, -0.25) is 4.99 Å². The van der Waals surface area contributed by atoms with Crippen molar-refractivity contribution >= 4 is 5.96 Å². The summed E-state index contributed by atoms with van der Waals surface area (Å²) >= 11 is 0. The molecule has 2 unspecified atom stereocenters. The Kier molecular flexibility index (Phi) is 2.44. The van der Waals surface area contributed by atoms with Gasteiger partial charge in [-0.05, 0) is 24.2 Å². The van der Waals surface area contributed by atoms with Gasteiger partial charge < -0.3 is 11.1 Å². The molecule has 3 nitrogen and oxygen atoms in total. The second-order valence-corrected chi connectivity index (χ2v) is 6.15. The van der Waals surface area contributed by atoms with Gasteiger partial charge >= 0.3 is 0 Å². The first-order chi connectivity index (χ1) is 6.94. The lowest BCUT2D eigenvalue weighted by Crippen LogP contribution is -2.58. The van der Waals surface area contributed by atoms with Crippen LogP contribution in [0, 0.1) is 11.3 Å². The summed E-state index contributed by atoms with van der Waals surface area (Å²) in [6.07, 6.45) is 5.19. The predicted octanol–water partition coefficient (Wildman–Crippen LogP) is 1.88. The summed E-state index contributed by atoms with van der Waals surface area (Å²) in [4.78, 5) is 4.36. The van der Waals surface area contributed by atoms with E-state index < -0.39 is 0 Å². The molecular weight excluding hydrogens is 186 g/mol. The summed E-state index contributed by atoms with van der Waals surface area (Å²) in [5.74, 6) is 1.33. The van der Waals surface area contributed by atoms with E-state index in [2.05, 4.69) is 31.1 Å². The average molecular weight is 209 g/mol. The SMILES string of the molecule is CC(C)(C)C1CCCCC12CN=C(N)N2. The van der Waals surface area contributed by atoms with Crippen molar-refractivity contribution in [1.82, 2.24) is 5.32 Å². The van der Waals surface area contributed by atoms with E-state index in [1.807, 2.05) is 0 Å². The van der Waals surface area contributed by atoms with Crippen molar-refractivity contribution in [1.29, 1.82) is 0 Å². The lowest BCUT2D eigenvalue weighted by atomic mass is 9.62. The van der Waals surface area contributed by atoms with E-state index in [0.717, 1.165) is 6.54 Å². The first-order valence-corrected chi connectivity index (χ1v) is 6.02. The third-order valence-corrected chi connectivity index (χ3v) is 3.99. The van der Waals surface area contributed by atoms with Crippen LogP contribution in [0.3, 0.4) is 0 Å². The fraction of sp³-hybridized carbons (Fsp3) is 0.917. The van der Waals surface area contributed by atoms with Gasteiger partial charge in [0.1, 0.15) is 0 Å². The number of nitrogens with two attached hydrogens (primary N) is 1. The maximum atomic E-state index is 5.78. The minimum Gasteiger partial charge on any atom is -0.370 e. The minimum absolute atomic E-state index is 0.167. The molecule has 2 aliphatic rings. The van der Waals surface area contributed by atoms with Gasteiger partial charge in [0, 0.05) is 0 Å². The second-order valence-electron chi connectivity index (χ2n) is 6.15. The number of guanidine groups is 1. The Balaban J connectivity index is 2.21. The van der Waals surface area contributed by atoms with Crippen LogP contribution in [0.1, 0.15) is 46.5 Å². The van der Waals surface area contributed by atoms with Crippen molar-refractivity contribution in [3.05, 3.63) is 0 Å². The molecule has 1 saturated carbocycles. The molecule has 3 N–H and O–H groups in total. The van der Waals surface area contributed by atoms with Crippen molar-refractivity contribution in [2.75, 3.05) is 6.54 Å². The summed E-state index contributed by atoms with van der Waals surface area (Å²) in [7, 11) is 0. The smallest absolute Gasteiger partial charge is 0.189 e. The van der Waals surface area contributed by atoms with Gasteiger partial charge in [-0.15, -0.1) is 0 Å². The molecule has 0 bridgehead atoms. The third kappa shape index (κ3) is 1.84. The lowest BCUT2D eigenvalue weighted by molar-refractivity contribution is 0.0767. The Bertz CT molecular complexity index is 277. The van der Waals surface area contributed by atoms with E-state index in [0.29, 0.717) is 17.3 Å². The van der Waals surface area contributed by atoms with E-state index >= 15 is 0 Å². The fourth-order valence-corrected chi connectivity index (χ4v) is 3.40. The van der Waals surface area contributed by atoms with Crippen molar-refractivity contribution < 1.29 is 0 Å². The zero-order valence-electron chi connectivity index (χ0n) is 10.1. The second kappa shape index (κ2) is 3.39. The normalized spacial score (nSPS) is 36.5. The fourth-order valence-electron chi connectivity index (χ4n) is 3.40. The van der Waals surface area contributed by atoms with Crippen LogP contribution < -0.4 is 11.1 Å². The molecule has 0 aromatic rings. The van der Waals surface area contributed by atoms with Crippen LogP contribution >= 0.6 is 0 Å². The first-order valence-electron chi connectivity index (χ1n) is 6.02. The Morgan fingerprint density at radius 3 is 2.67 bits per heavy atom. The highest BCUT2D eigenvalue weighted by Gasteiger charge is 2.48. The van der Waals surface area contributed by atoms with Crippen molar-refractivity contribution in [2.24, 2.45) is 22.1 Å². The van der Waals surface area contributed by atoms with Crippen LogP contribution in [0.5, 0.6) is 0 Å². The average Bonchev–Trinajstić information content (AvgIpc) is 2.47. The summed E-state index contributed by atoms with van der Waals surface area (Å²) in [5, 5.41) is 3.45. The number of nitrogens with zero attached hydrogens (tertiary/aromatic N) is 1. The molecule has 1 aliphatic carbocycles. The molecule has 2 atom stereocenters. The summed E-state index contributed by atoms with van der Waals surface area (Å²) in [6, 6.07) is 0. The molecular formula is C12H23N3. The topological polar surface area (TPSA) is 50.4 Å². The molecule has 0 aromatic carbocycles. The van der Waals surface area contributed by atoms with Crippen LogP contribution in [0.25, 0.3) is 0 Å². The van der Waals surface area contributed by atoms with Gasteiger partial charge in [-0.1, -0.05) is 33.6 Å². The largest absolute Gasteiger partial charge is 0.370 e. The molecule has 0 radical (unpaired) electrons. The Morgan fingerprint density at radius 2 is 2.13 bits per heavy atom. The molecule has 0 amide bonds. The molecule has 2 rings (SSSR count). The first kappa shape index (κ1) is 10.8. The molecule has 1 spiro atoms. The van der Waals surface area contributed by atoms with E-state index in [4.69, 9.17) is 5.73 Å². The van der Waals surface area contributed by atoms with Crippen LogP contribution in [-0.4, -0.2) is 18.0 Å². The van der Waals surface area contributed by atoms with Gasteiger partial charge in [-0.25, -0.2) is 0 Å². The Hall–Kier alpha value is -0.730. The van der Waals surface area contributed by atoms with Gasteiger partial charge in [0.25, 0.3) is 0 Å². The highest BCUT2D eigenvalue weighted by Crippen LogP contribution is 2.45.